The lowest BCUT2D eigenvalue weighted by Crippen LogP contribution is -2.47. The van der Waals surface area contributed by atoms with Gasteiger partial charge in [0, 0.05) is 32.0 Å². The number of hydrogen-bond donors (Lipinski definition) is 2. The zero-order valence-electron chi connectivity index (χ0n) is 16.5. The van der Waals surface area contributed by atoms with Gasteiger partial charge in [0.1, 0.15) is 11.6 Å². The number of urea groups is 1. The first kappa shape index (κ1) is 19.8. The van der Waals surface area contributed by atoms with Crippen molar-refractivity contribution in [2.45, 2.75) is 64.8 Å². The van der Waals surface area contributed by atoms with Gasteiger partial charge >= 0.3 is 6.03 Å². The van der Waals surface area contributed by atoms with Gasteiger partial charge in [0.25, 0.3) is 0 Å². The lowest BCUT2D eigenvalue weighted by atomic mass is 9.97. The summed E-state index contributed by atoms with van der Waals surface area (Å²) >= 11 is 0. The van der Waals surface area contributed by atoms with Gasteiger partial charge in [-0.3, -0.25) is 15.0 Å². The number of carbonyl (C=O) groups is 2. The monoisotopic (exact) mass is 376 g/mol. The van der Waals surface area contributed by atoms with E-state index in [4.69, 9.17) is 0 Å². The van der Waals surface area contributed by atoms with Gasteiger partial charge in [-0.1, -0.05) is 20.3 Å². The normalized spacial score (nSPS) is 20.8. The number of piperidine rings is 1. The van der Waals surface area contributed by atoms with Gasteiger partial charge in [-0.05, 0) is 38.1 Å². The van der Waals surface area contributed by atoms with Crippen LogP contribution in [0.15, 0.2) is 0 Å². The third-order valence-corrected chi connectivity index (χ3v) is 5.30. The summed E-state index contributed by atoms with van der Waals surface area (Å²) in [6.07, 6.45) is 6.73. The molecule has 0 aromatic carbocycles. The van der Waals surface area contributed by atoms with Crippen molar-refractivity contribution in [2.75, 3.05) is 26.2 Å². The predicted molar refractivity (Wildman–Crippen MR) is 102 cm³/mol. The van der Waals surface area contributed by atoms with E-state index in [-0.39, 0.29) is 12.5 Å². The number of fused-ring (bicyclic) bond motifs is 1. The van der Waals surface area contributed by atoms with Gasteiger partial charge in [-0.15, -0.1) is 10.2 Å². The van der Waals surface area contributed by atoms with E-state index in [1.165, 1.54) is 19.3 Å². The van der Waals surface area contributed by atoms with Crippen molar-refractivity contribution < 1.29 is 9.59 Å². The average molecular weight is 377 g/mol. The van der Waals surface area contributed by atoms with Crippen LogP contribution in [0.4, 0.5) is 4.79 Å². The average Bonchev–Trinajstić information content (AvgIpc) is 2.88. The molecule has 1 aromatic heterocycles. The second kappa shape index (κ2) is 9.30. The molecule has 0 saturated carbocycles. The largest absolute Gasteiger partial charge is 0.338 e. The number of aromatic nitrogens is 3. The lowest BCUT2D eigenvalue weighted by Gasteiger charge is -2.31. The number of aryl methyl sites for hydroxylation is 1. The summed E-state index contributed by atoms with van der Waals surface area (Å²) in [4.78, 5) is 26.1. The molecule has 8 nitrogen and oxygen atoms in total. The molecule has 1 unspecified atom stereocenters. The molecule has 0 aliphatic carbocycles. The second-order valence-corrected chi connectivity index (χ2v) is 8.16. The van der Waals surface area contributed by atoms with Gasteiger partial charge in [-0.25, -0.2) is 4.79 Å². The quantitative estimate of drug-likeness (QED) is 0.815. The van der Waals surface area contributed by atoms with Crippen molar-refractivity contribution in [3.63, 3.8) is 0 Å². The number of amides is 3. The molecule has 8 heteroatoms. The third kappa shape index (κ3) is 5.51. The van der Waals surface area contributed by atoms with Crippen LogP contribution in [0.3, 0.4) is 0 Å². The van der Waals surface area contributed by atoms with Crippen molar-refractivity contribution in [1.82, 2.24) is 30.3 Å². The Morgan fingerprint density at radius 3 is 2.81 bits per heavy atom. The molecule has 0 spiro atoms. The Morgan fingerprint density at radius 2 is 2.00 bits per heavy atom. The number of nitrogens with one attached hydrogen (secondary N) is 2. The molecule has 3 amide bonds. The minimum atomic E-state index is -0.412. The molecule has 1 atom stereocenters. The Hall–Kier alpha value is -1.96. The van der Waals surface area contributed by atoms with Crippen LogP contribution in [0, 0.1) is 5.92 Å². The Balaban J connectivity index is 1.53. The van der Waals surface area contributed by atoms with Crippen LogP contribution < -0.4 is 10.6 Å². The highest BCUT2D eigenvalue weighted by Crippen LogP contribution is 2.27. The van der Waals surface area contributed by atoms with E-state index in [2.05, 4.69) is 30.3 Å². The summed E-state index contributed by atoms with van der Waals surface area (Å²) in [5, 5.41) is 14.0. The van der Waals surface area contributed by atoms with Crippen molar-refractivity contribution >= 4 is 11.9 Å². The molecule has 27 heavy (non-hydrogen) atoms. The summed E-state index contributed by atoms with van der Waals surface area (Å²) in [5.74, 6) is 2.59. The molecule has 2 N–H and O–H groups in total. The fourth-order valence-corrected chi connectivity index (χ4v) is 3.93. The van der Waals surface area contributed by atoms with Crippen molar-refractivity contribution in [1.29, 1.82) is 0 Å². The van der Waals surface area contributed by atoms with E-state index in [1.807, 2.05) is 13.8 Å². The minimum Gasteiger partial charge on any atom is -0.338 e. The SMILES string of the molecule is CC(C)CNC(=O)NC(=O)CN1CCCC(c2nnc3n2CCCCC3)C1. The molecular formula is C19H32N6O2. The van der Waals surface area contributed by atoms with Gasteiger partial charge in [-0.2, -0.15) is 0 Å². The highest BCUT2D eigenvalue weighted by molar-refractivity contribution is 5.95. The number of likely N-dealkylation sites (tertiary alicyclic amines) is 1. The van der Waals surface area contributed by atoms with Crippen molar-refractivity contribution in [3.05, 3.63) is 11.6 Å². The number of hydrogen-bond acceptors (Lipinski definition) is 5. The smallest absolute Gasteiger partial charge is 0.321 e. The first-order valence-electron chi connectivity index (χ1n) is 10.2. The molecule has 3 rings (SSSR count). The molecule has 150 valence electrons. The fraction of sp³-hybridized carbons (Fsp3) is 0.789. The Labute approximate surface area is 161 Å². The number of carbonyl (C=O) groups excluding carboxylic acids is 2. The van der Waals surface area contributed by atoms with Crippen LogP contribution in [0.5, 0.6) is 0 Å². The van der Waals surface area contributed by atoms with Gasteiger partial charge < -0.3 is 9.88 Å². The molecule has 0 bridgehead atoms. The molecule has 3 heterocycles. The number of imide groups is 1. The van der Waals surface area contributed by atoms with Crippen LogP contribution in [0.25, 0.3) is 0 Å². The second-order valence-electron chi connectivity index (χ2n) is 8.16. The van der Waals surface area contributed by atoms with Crippen molar-refractivity contribution in [3.8, 4) is 0 Å². The maximum atomic E-state index is 12.2. The van der Waals surface area contributed by atoms with Gasteiger partial charge in [0.05, 0.1) is 6.54 Å². The van der Waals surface area contributed by atoms with E-state index < -0.39 is 6.03 Å². The molecule has 1 aromatic rings. The summed E-state index contributed by atoms with van der Waals surface area (Å²) in [6, 6.07) is -0.412. The first-order valence-corrected chi connectivity index (χ1v) is 10.2. The van der Waals surface area contributed by atoms with Crippen LogP contribution in [-0.2, 0) is 17.8 Å². The van der Waals surface area contributed by atoms with E-state index in [0.29, 0.717) is 18.4 Å². The summed E-state index contributed by atoms with van der Waals surface area (Å²) in [5.41, 5.74) is 0. The maximum Gasteiger partial charge on any atom is 0.321 e. The Bertz CT molecular complexity index is 657. The molecule has 2 aliphatic rings. The fourth-order valence-electron chi connectivity index (χ4n) is 3.93. The maximum absolute atomic E-state index is 12.2. The highest BCUT2D eigenvalue weighted by atomic mass is 16.2. The van der Waals surface area contributed by atoms with Gasteiger partial charge in [0.2, 0.25) is 5.91 Å². The predicted octanol–water partition coefficient (Wildman–Crippen LogP) is 1.67. The van der Waals surface area contributed by atoms with Crippen LogP contribution >= 0.6 is 0 Å². The highest BCUT2D eigenvalue weighted by Gasteiger charge is 2.28. The third-order valence-electron chi connectivity index (χ3n) is 5.30. The number of nitrogens with zero attached hydrogens (tertiary/aromatic N) is 4. The van der Waals surface area contributed by atoms with Crippen molar-refractivity contribution in [2.24, 2.45) is 5.92 Å². The summed E-state index contributed by atoms with van der Waals surface area (Å²) in [6.45, 7) is 7.50. The molecule has 0 radical (unpaired) electrons. The topological polar surface area (TPSA) is 92.2 Å². The van der Waals surface area contributed by atoms with E-state index in [0.717, 1.165) is 50.5 Å². The molecule has 1 saturated heterocycles. The zero-order valence-corrected chi connectivity index (χ0v) is 16.5. The van der Waals surface area contributed by atoms with E-state index in [1.54, 1.807) is 0 Å². The van der Waals surface area contributed by atoms with Crippen LogP contribution in [0.2, 0.25) is 0 Å². The Morgan fingerprint density at radius 1 is 1.15 bits per heavy atom. The minimum absolute atomic E-state index is 0.243. The Kier molecular flexibility index (Phi) is 6.82. The molecule has 2 aliphatic heterocycles. The van der Waals surface area contributed by atoms with Crippen LogP contribution in [0.1, 0.15) is 63.5 Å². The lowest BCUT2D eigenvalue weighted by molar-refractivity contribution is -0.121. The standard InChI is InChI=1S/C19H32N6O2/c1-14(2)11-20-19(27)21-17(26)13-24-9-6-7-15(12-24)18-23-22-16-8-4-3-5-10-25(16)18/h14-15H,3-13H2,1-2H3,(H2,20,21,26,27). The van der Waals surface area contributed by atoms with E-state index >= 15 is 0 Å². The molecular weight excluding hydrogens is 344 g/mol. The van der Waals surface area contributed by atoms with E-state index in [9.17, 15) is 9.59 Å². The summed E-state index contributed by atoms with van der Waals surface area (Å²) in [7, 11) is 0. The van der Waals surface area contributed by atoms with Crippen LogP contribution in [-0.4, -0.2) is 57.8 Å². The zero-order chi connectivity index (χ0) is 19.2. The molecule has 1 fully saturated rings. The van der Waals surface area contributed by atoms with Gasteiger partial charge in [0.15, 0.2) is 0 Å². The summed E-state index contributed by atoms with van der Waals surface area (Å²) < 4.78 is 2.31. The first-order chi connectivity index (χ1) is 13.0. The number of rotatable bonds is 5.